The second-order valence-corrected chi connectivity index (χ2v) is 6.54. The highest BCUT2D eigenvalue weighted by molar-refractivity contribution is 7.10. The van der Waals surface area contributed by atoms with E-state index in [1.165, 1.54) is 0 Å². The van der Waals surface area contributed by atoms with Gasteiger partial charge in [-0.05, 0) is 18.4 Å². The van der Waals surface area contributed by atoms with Gasteiger partial charge in [-0.2, -0.15) is 5.10 Å². The molecule has 116 valence electrons. The van der Waals surface area contributed by atoms with E-state index in [0.717, 1.165) is 10.6 Å². The van der Waals surface area contributed by atoms with Gasteiger partial charge in [-0.3, -0.25) is 14.3 Å². The van der Waals surface area contributed by atoms with Gasteiger partial charge in [0.1, 0.15) is 5.82 Å². The van der Waals surface area contributed by atoms with Crippen molar-refractivity contribution in [2.24, 2.45) is 13.0 Å². The highest BCUT2D eigenvalue weighted by Crippen LogP contribution is 2.39. The molecule has 2 aromatic rings. The second-order valence-electron chi connectivity index (χ2n) is 5.56. The minimum Gasteiger partial charge on any atom is -0.337 e. The summed E-state index contributed by atoms with van der Waals surface area (Å²) in [5.41, 5.74) is 0.840. The molecule has 7 heteroatoms. The second kappa shape index (κ2) is 5.57. The van der Waals surface area contributed by atoms with Crippen molar-refractivity contribution in [3.8, 4) is 0 Å². The van der Waals surface area contributed by atoms with E-state index >= 15 is 0 Å². The molecule has 3 rings (SSSR count). The first kappa shape index (κ1) is 14.8. The van der Waals surface area contributed by atoms with Gasteiger partial charge < -0.3 is 10.2 Å². The summed E-state index contributed by atoms with van der Waals surface area (Å²) in [7, 11) is 3.54. The molecule has 3 heterocycles. The first-order valence-electron chi connectivity index (χ1n) is 7.08. The Kier molecular flexibility index (Phi) is 3.74. The summed E-state index contributed by atoms with van der Waals surface area (Å²) in [6.07, 6.45) is 0.238. The molecule has 2 atom stereocenters. The molecule has 0 radical (unpaired) electrons. The molecule has 6 nitrogen and oxygen atoms in total. The maximum absolute atomic E-state index is 12.6. The lowest BCUT2D eigenvalue weighted by Gasteiger charge is -2.23. The van der Waals surface area contributed by atoms with E-state index in [4.69, 9.17) is 0 Å². The normalized spacial score (nSPS) is 21.4. The van der Waals surface area contributed by atoms with Crippen LogP contribution in [0.3, 0.4) is 0 Å². The summed E-state index contributed by atoms with van der Waals surface area (Å²) >= 11 is 1.57. The smallest absolute Gasteiger partial charge is 0.231 e. The van der Waals surface area contributed by atoms with E-state index in [-0.39, 0.29) is 30.2 Å². The average Bonchev–Trinajstić information content (AvgIpc) is 3.13. The minimum absolute atomic E-state index is 0.000244. The van der Waals surface area contributed by atoms with Crippen molar-refractivity contribution in [1.82, 2.24) is 14.7 Å². The monoisotopic (exact) mass is 318 g/mol. The van der Waals surface area contributed by atoms with Crippen LogP contribution in [0.15, 0.2) is 23.6 Å². The number of aryl methyl sites for hydroxylation is 2. The molecule has 2 aromatic heterocycles. The van der Waals surface area contributed by atoms with Crippen LogP contribution in [0.5, 0.6) is 0 Å². The maximum Gasteiger partial charge on any atom is 0.231 e. The van der Waals surface area contributed by atoms with Crippen molar-refractivity contribution in [2.75, 3.05) is 12.4 Å². The lowest BCUT2D eigenvalue weighted by molar-refractivity contribution is -0.127. The van der Waals surface area contributed by atoms with Gasteiger partial charge in [0, 0.05) is 31.5 Å². The Bertz CT molecular complexity index is 707. The Morgan fingerprint density at radius 2 is 2.23 bits per heavy atom. The Hall–Kier alpha value is -2.15. The van der Waals surface area contributed by atoms with Gasteiger partial charge in [0.25, 0.3) is 0 Å². The molecule has 1 N–H and O–H groups in total. The van der Waals surface area contributed by atoms with E-state index in [1.54, 1.807) is 35.0 Å². The molecule has 0 spiro atoms. The molecule has 2 unspecified atom stereocenters. The molecular formula is C15H18N4O2S. The van der Waals surface area contributed by atoms with E-state index < -0.39 is 0 Å². The van der Waals surface area contributed by atoms with Crippen LogP contribution in [0.2, 0.25) is 0 Å². The number of hydrogen-bond acceptors (Lipinski definition) is 4. The average molecular weight is 318 g/mol. The molecule has 2 amide bonds. The Balaban J connectivity index is 1.84. The zero-order valence-corrected chi connectivity index (χ0v) is 13.6. The van der Waals surface area contributed by atoms with Crippen molar-refractivity contribution in [3.63, 3.8) is 0 Å². The van der Waals surface area contributed by atoms with Gasteiger partial charge in [-0.1, -0.05) is 6.07 Å². The third-order valence-electron chi connectivity index (χ3n) is 4.01. The number of hydrogen-bond donors (Lipinski definition) is 1. The Labute approximate surface area is 132 Å². The zero-order valence-electron chi connectivity index (χ0n) is 12.7. The third-order valence-corrected chi connectivity index (χ3v) is 4.95. The predicted octanol–water partition coefficient (Wildman–Crippen LogP) is 1.95. The molecule has 1 saturated heterocycles. The first-order chi connectivity index (χ1) is 10.5. The fraction of sp³-hybridized carbons (Fsp3) is 0.400. The van der Waals surface area contributed by atoms with Crippen LogP contribution < -0.4 is 5.32 Å². The number of likely N-dealkylation sites (tertiary alicyclic amines) is 1. The zero-order chi connectivity index (χ0) is 15.9. The summed E-state index contributed by atoms with van der Waals surface area (Å²) in [6.45, 7) is 1.87. The summed E-state index contributed by atoms with van der Waals surface area (Å²) in [5, 5.41) is 9.07. The SMILES string of the molecule is Cc1cc(NC(=O)C2CC(=O)N(C)C2c2cccs2)n(C)n1. The van der Waals surface area contributed by atoms with Crippen LogP contribution in [0.1, 0.15) is 23.0 Å². The van der Waals surface area contributed by atoms with E-state index in [1.807, 2.05) is 30.5 Å². The van der Waals surface area contributed by atoms with E-state index in [2.05, 4.69) is 10.4 Å². The first-order valence-corrected chi connectivity index (χ1v) is 7.96. The van der Waals surface area contributed by atoms with Gasteiger partial charge in [0.05, 0.1) is 17.7 Å². The highest BCUT2D eigenvalue weighted by atomic mass is 32.1. The summed E-state index contributed by atoms with van der Waals surface area (Å²) < 4.78 is 1.63. The number of aromatic nitrogens is 2. The van der Waals surface area contributed by atoms with Crippen molar-refractivity contribution in [1.29, 1.82) is 0 Å². The number of nitrogens with zero attached hydrogens (tertiary/aromatic N) is 3. The van der Waals surface area contributed by atoms with Crippen LogP contribution in [-0.4, -0.2) is 33.5 Å². The predicted molar refractivity (Wildman–Crippen MR) is 84.5 cm³/mol. The van der Waals surface area contributed by atoms with E-state index in [0.29, 0.717) is 5.82 Å². The minimum atomic E-state index is -0.383. The Morgan fingerprint density at radius 1 is 1.45 bits per heavy atom. The van der Waals surface area contributed by atoms with Crippen LogP contribution in [0.25, 0.3) is 0 Å². The van der Waals surface area contributed by atoms with E-state index in [9.17, 15) is 9.59 Å². The van der Waals surface area contributed by atoms with Crippen molar-refractivity contribution < 1.29 is 9.59 Å². The van der Waals surface area contributed by atoms with Crippen LogP contribution in [-0.2, 0) is 16.6 Å². The molecule has 0 saturated carbocycles. The lowest BCUT2D eigenvalue weighted by Crippen LogP contribution is -2.30. The number of thiophene rings is 1. The van der Waals surface area contributed by atoms with Gasteiger partial charge in [-0.15, -0.1) is 11.3 Å². The van der Waals surface area contributed by atoms with Gasteiger partial charge in [-0.25, -0.2) is 0 Å². The quantitative estimate of drug-likeness (QED) is 0.940. The molecule has 1 aliphatic rings. The Morgan fingerprint density at radius 3 is 2.82 bits per heavy atom. The van der Waals surface area contributed by atoms with Crippen LogP contribution in [0, 0.1) is 12.8 Å². The molecule has 1 aliphatic heterocycles. The van der Waals surface area contributed by atoms with Crippen molar-refractivity contribution >= 4 is 29.0 Å². The lowest BCUT2D eigenvalue weighted by atomic mass is 9.98. The van der Waals surface area contributed by atoms with Crippen molar-refractivity contribution in [3.05, 3.63) is 34.2 Å². The third kappa shape index (κ3) is 2.52. The van der Waals surface area contributed by atoms with Crippen molar-refractivity contribution in [2.45, 2.75) is 19.4 Å². The highest BCUT2D eigenvalue weighted by Gasteiger charge is 2.43. The number of carbonyl (C=O) groups excluding carboxylic acids is 2. The van der Waals surface area contributed by atoms with Gasteiger partial charge in [0.15, 0.2) is 0 Å². The van der Waals surface area contributed by atoms with Gasteiger partial charge >= 0.3 is 0 Å². The summed E-state index contributed by atoms with van der Waals surface area (Å²) in [5.74, 6) is 0.125. The molecular weight excluding hydrogens is 300 g/mol. The fourth-order valence-corrected chi connectivity index (χ4v) is 3.83. The molecule has 0 aliphatic carbocycles. The van der Waals surface area contributed by atoms with Crippen LogP contribution in [0.4, 0.5) is 5.82 Å². The number of rotatable bonds is 3. The number of carbonyl (C=O) groups is 2. The summed E-state index contributed by atoms with van der Waals surface area (Å²) in [6, 6.07) is 5.54. The number of nitrogens with one attached hydrogen (secondary N) is 1. The molecule has 0 bridgehead atoms. The van der Waals surface area contributed by atoms with Crippen LogP contribution >= 0.6 is 11.3 Å². The topological polar surface area (TPSA) is 67.2 Å². The molecule has 22 heavy (non-hydrogen) atoms. The molecule has 1 fully saturated rings. The summed E-state index contributed by atoms with van der Waals surface area (Å²) in [4.78, 5) is 27.4. The maximum atomic E-state index is 12.6. The fourth-order valence-electron chi connectivity index (χ4n) is 2.90. The number of anilines is 1. The number of amides is 2. The standard InChI is InChI=1S/C15H18N4O2S/c1-9-7-12(19(3)17-9)16-15(21)10-8-13(20)18(2)14(10)11-5-4-6-22-11/h4-7,10,14H,8H2,1-3H3,(H,16,21). The molecule has 0 aromatic carbocycles. The largest absolute Gasteiger partial charge is 0.337 e. The van der Waals surface area contributed by atoms with Gasteiger partial charge in [0.2, 0.25) is 11.8 Å².